The first-order valence-electron chi connectivity index (χ1n) is 7.90. The van der Waals surface area contributed by atoms with E-state index in [2.05, 4.69) is 20.4 Å². The molecular formula is C17H17ClN6O. The van der Waals surface area contributed by atoms with Crippen molar-refractivity contribution in [1.82, 2.24) is 24.5 Å². The van der Waals surface area contributed by atoms with Crippen molar-refractivity contribution >= 4 is 34.1 Å². The molecule has 0 unspecified atom stereocenters. The third-order valence-corrected chi connectivity index (χ3v) is 4.12. The molecule has 3 heterocycles. The van der Waals surface area contributed by atoms with E-state index in [4.69, 9.17) is 21.0 Å². The second-order valence-corrected chi connectivity index (χ2v) is 6.42. The summed E-state index contributed by atoms with van der Waals surface area (Å²) in [4.78, 5) is 6.83. The molecule has 8 heteroatoms. The average molecular weight is 357 g/mol. The number of benzene rings is 1. The van der Waals surface area contributed by atoms with Crippen LogP contribution in [0.5, 0.6) is 0 Å². The highest BCUT2D eigenvalue weighted by molar-refractivity contribution is 6.31. The Bertz CT molecular complexity index is 1020. The number of fused-ring (bicyclic) bond motifs is 3. The number of halogens is 1. The highest BCUT2D eigenvalue weighted by Gasteiger charge is 2.18. The number of likely N-dealkylation sites (N-methyl/N-ethyl adjacent to an activating group) is 1. The van der Waals surface area contributed by atoms with Gasteiger partial charge in [-0.25, -0.2) is 9.38 Å². The average Bonchev–Trinajstić information content (AvgIpc) is 3.23. The molecular weight excluding hydrogens is 340 g/mol. The second-order valence-electron chi connectivity index (χ2n) is 5.99. The van der Waals surface area contributed by atoms with E-state index in [-0.39, 0.29) is 0 Å². The molecule has 0 amide bonds. The zero-order valence-corrected chi connectivity index (χ0v) is 14.7. The van der Waals surface area contributed by atoms with Gasteiger partial charge in [0.25, 0.3) is 0 Å². The van der Waals surface area contributed by atoms with Crippen LogP contribution in [0.2, 0.25) is 5.02 Å². The van der Waals surface area contributed by atoms with Crippen molar-refractivity contribution in [3.05, 3.63) is 41.6 Å². The standard InChI is InChI=1S/C17H17ClN6O/c1-23(2)8-7-19-17-20-13-10-11(18)5-6-12(13)15-21-22-16(24(15)17)14-4-3-9-25-14/h3-6,9-10H,7-8H2,1-2H3,(H,19,20). The van der Waals surface area contributed by atoms with Crippen LogP contribution in [0, 0.1) is 0 Å². The number of nitrogens with one attached hydrogen (secondary N) is 1. The van der Waals surface area contributed by atoms with E-state index < -0.39 is 0 Å². The summed E-state index contributed by atoms with van der Waals surface area (Å²) in [6.07, 6.45) is 1.61. The third kappa shape index (κ3) is 2.92. The normalized spacial score (nSPS) is 11.7. The number of hydrogen-bond acceptors (Lipinski definition) is 6. The Balaban J connectivity index is 1.92. The van der Waals surface area contributed by atoms with Crippen molar-refractivity contribution in [2.24, 2.45) is 0 Å². The summed E-state index contributed by atoms with van der Waals surface area (Å²) < 4.78 is 7.39. The summed E-state index contributed by atoms with van der Waals surface area (Å²) >= 11 is 6.13. The summed E-state index contributed by atoms with van der Waals surface area (Å²) in [5.41, 5.74) is 1.48. The molecule has 0 fully saturated rings. The number of rotatable bonds is 5. The van der Waals surface area contributed by atoms with Crippen LogP contribution in [0.1, 0.15) is 0 Å². The molecule has 1 N–H and O–H groups in total. The second kappa shape index (κ2) is 6.34. The summed E-state index contributed by atoms with van der Waals surface area (Å²) in [6, 6.07) is 9.24. The summed E-state index contributed by atoms with van der Waals surface area (Å²) in [6.45, 7) is 1.60. The van der Waals surface area contributed by atoms with Gasteiger partial charge in [-0.05, 0) is 44.4 Å². The molecule has 0 aliphatic rings. The van der Waals surface area contributed by atoms with Gasteiger partial charge in [-0.1, -0.05) is 11.6 Å². The van der Waals surface area contributed by atoms with Crippen molar-refractivity contribution in [3.63, 3.8) is 0 Å². The molecule has 128 valence electrons. The molecule has 4 aromatic rings. The Labute approximate surface area is 149 Å². The zero-order chi connectivity index (χ0) is 17.4. The lowest BCUT2D eigenvalue weighted by atomic mass is 10.2. The van der Waals surface area contributed by atoms with Crippen molar-refractivity contribution < 1.29 is 4.42 Å². The van der Waals surface area contributed by atoms with Gasteiger partial charge >= 0.3 is 0 Å². The van der Waals surface area contributed by atoms with Crippen molar-refractivity contribution in [2.45, 2.75) is 0 Å². The Morgan fingerprint density at radius 1 is 1.24 bits per heavy atom. The van der Waals surface area contributed by atoms with E-state index in [1.54, 1.807) is 6.26 Å². The van der Waals surface area contributed by atoms with E-state index in [9.17, 15) is 0 Å². The zero-order valence-electron chi connectivity index (χ0n) is 13.9. The molecule has 0 saturated heterocycles. The highest BCUT2D eigenvalue weighted by Crippen LogP contribution is 2.28. The van der Waals surface area contributed by atoms with Crippen molar-refractivity contribution in [1.29, 1.82) is 0 Å². The first-order chi connectivity index (χ1) is 12.1. The maximum absolute atomic E-state index is 6.13. The van der Waals surface area contributed by atoms with Crippen molar-refractivity contribution in [2.75, 3.05) is 32.5 Å². The van der Waals surface area contributed by atoms with Gasteiger partial charge in [-0.3, -0.25) is 0 Å². The quantitative estimate of drug-likeness (QED) is 0.592. The Kier molecular flexibility index (Phi) is 4.03. The van der Waals surface area contributed by atoms with Crippen LogP contribution in [0.15, 0.2) is 41.0 Å². The maximum atomic E-state index is 6.13. The van der Waals surface area contributed by atoms with Gasteiger partial charge in [0.2, 0.25) is 11.8 Å². The summed E-state index contributed by atoms with van der Waals surface area (Å²) in [5, 5.41) is 13.5. The minimum Gasteiger partial charge on any atom is -0.461 e. The van der Waals surface area contributed by atoms with Crippen LogP contribution < -0.4 is 5.32 Å². The van der Waals surface area contributed by atoms with Gasteiger partial charge in [-0.2, -0.15) is 0 Å². The van der Waals surface area contributed by atoms with Crippen molar-refractivity contribution in [3.8, 4) is 11.6 Å². The topological polar surface area (TPSA) is 71.5 Å². The molecule has 3 aromatic heterocycles. The Morgan fingerprint density at radius 2 is 2.12 bits per heavy atom. The fourth-order valence-corrected chi connectivity index (χ4v) is 2.85. The van der Waals surface area contributed by atoms with Crippen LogP contribution >= 0.6 is 11.6 Å². The van der Waals surface area contributed by atoms with E-state index in [0.717, 1.165) is 24.0 Å². The van der Waals surface area contributed by atoms with Crippen LogP contribution in [-0.2, 0) is 0 Å². The van der Waals surface area contributed by atoms with Gasteiger partial charge in [0, 0.05) is 23.5 Å². The van der Waals surface area contributed by atoms with Crippen LogP contribution in [0.3, 0.4) is 0 Å². The Hall–Kier alpha value is -2.64. The van der Waals surface area contributed by atoms with E-state index in [1.165, 1.54) is 0 Å². The molecule has 0 radical (unpaired) electrons. The molecule has 0 aliphatic heterocycles. The maximum Gasteiger partial charge on any atom is 0.211 e. The van der Waals surface area contributed by atoms with Gasteiger partial charge in [0.05, 0.1) is 11.8 Å². The molecule has 0 aliphatic carbocycles. The number of hydrogen-bond donors (Lipinski definition) is 1. The third-order valence-electron chi connectivity index (χ3n) is 3.89. The molecule has 0 atom stereocenters. The SMILES string of the molecule is CN(C)CCNc1nc2cc(Cl)ccc2c2nnc(-c3ccco3)n12. The highest BCUT2D eigenvalue weighted by atomic mass is 35.5. The van der Waals surface area contributed by atoms with Crippen LogP contribution in [0.4, 0.5) is 5.95 Å². The van der Waals surface area contributed by atoms with E-state index in [0.29, 0.717) is 28.2 Å². The summed E-state index contributed by atoms with van der Waals surface area (Å²) in [5.74, 6) is 1.90. The smallest absolute Gasteiger partial charge is 0.211 e. The van der Waals surface area contributed by atoms with E-state index >= 15 is 0 Å². The molecule has 1 aromatic carbocycles. The van der Waals surface area contributed by atoms with Gasteiger partial charge in [0.1, 0.15) is 0 Å². The van der Waals surface area contributed by atoms with Gasteiger partial charge in [-0.15, -0.1) is 10.2 Å². The molecule has 0 spiro atoms. The number of furan rings is 1. The fourth-order valence-electron chi connectivity index (χ4n) is 2.69. The minimum atomic E-state index is 0.608. The number of aromatic nitrogens is 4. The lowest BCUT2D eigenvalue weighted by molar-refractivity contribution is 0.425. The first-order valence-corrected chi connectivity index (χ1v) is 8.28. The molecule has 25 heavy (non-hydrogen) atoms. The molecule has 0 saturated carbocycles. The summed E-state index contributed by atoms with van der Waals surface area (Å²) in [7, 11) is 4.05. The number of nitrogens with zero attached hydrogens (tertiary/aromatic N) is 5. The molecule has 0 bridgehead atoms. The Morgan fingerprint density at radius 3 is 2.88 bits per heavy atom. The number of anilines is 1. The molecule has 4 rings (SSSR count). The monoisotopic (exact) mass is 356 g/mol. The lowest BCUT2D eigenvalue weighted by Crippen LogP contribution is -2.22. The predicted octanol–water partition coefficient (Wildman–Crippen LogP) is 3.16. The fraction of sp³-hybridized carbons (Fsp3) is 0.235. The van der Waals surface area contributed by atoms with E-state index in [1.807, 2.05) is 48.8 Å². The lowest BCUT2D eigenvalue weighted by Gasteiger charge is -2.13. The van der Waals surface area contributed by atoms with Crippen LogP contribution in [-0.4, -0.2) is 51.7 Å². The van der Waals surface area contributed by atoms with Crippen LogP contribution in [0.25, 0.3) is 28.1 Å². The first kappa shape index (κ1) is 15.9. The molecule has 7 nitrogen and oxygen atoms in total. The van der Waals surface area contributed by atoms with Gasteiger partial charge in [0.15, 0.2) is 11.4 Å². The largest absolute Gasteiger partial charge is 0.461 e. The minimum absolute atomic E-state index is 0.608. The predicted molar refractivity (Wildman–Crippen MR) is 98.0 cm³/mol. The van der Waals surface area contributed by atoms with Gasteiger partial charge < -0.3 is 14.6 Å².